The van der Waals surface area contributed by atoms with E-state index in [0.717, 1.165) is 5.69 Å². The fourth-order valence-corrected chi connectivity index (χ4v) is 2.27. The topological polar surface area (TPSA) is 56.1 Å². The maximum atomic E-state index is 13.2. The lowest BCUT2D eigenvalue weighted by molar-refractivity contribution is -0.297. The molecule has 1 N–H and O–H groups in total. The van der Waals surface area contributed by atoms with Crippen LogP contribution in [0.1, 0.15) is 30.1 Å². The van der Waals surface area contributed by atoms with Gasteiger partial charge in [-0.2, -0.15) is 23.3 Å². The summed E-state index contributed by atoms with van der Waals surface area (Å²) in [5.74, 6) is -0.987. The number of rotatable bonds is 3. The molecule has 1 aliphatic rings. The molecule has 2 rings (SSSR count). The van der Waals surface area contributed by atoms with Crippen molar-refractivity contribution < 1.29 is 23.1 Å². The summed E-state index contributed by atoms with van der Waals surface area (Å²) in [6, 6.07) is 6.04. The molecule has 1 unspecified atom stereocenters. The van der Waals surface area contributed by atoms with Crippen molar-refractivity contribution in [3.63, 3.8) is 0 Å². The van der Waals surface area contributed by atoms with Crippen LogP contribution in [0.15, 0.2) is 29.4 Å². The van der Waals surface area contributed by atoms with E-state index in [4.69, 9.17) is 0 Å². The molecular formula is C15H18F3N3O2. The molecule has 1 heterocycles. The number of benzene rings is 1. The van der Waals surface area contributed by atoms with Crippen molar-refractivity contribution in [3.05, 3.63) is 29.8 Å². The Morgan fingerprint density at radius 3 is 2.35 bits per heavy atom. The Hall–Kier alpha value is -2.09. The molecule has 8 heteroatoms. The minimum atomic E-state index is -4.99. The maximum absolute atomic E-state index is 13.2. The molecule has 0 aliphatic carbocycles. The summed E-state index contributed by atoms with van der Waals surface area (Å²) in [6.07, 6.45) is -5.50. The summed E-state index contributed by atoms with van der Waals surface area (Å²) in [4.78, 5) is 14.2. The van der Waals surface area contributed by atoms with Crippen LogP contribution in [0.5, 0.6) is 0 Å². The van der Waals surface area contributed by atoms with Crippen molar-refractivity contribution in [1.82, 2.24) is 5.01 Å². The summed E-state index contributed by atoms with van der Waals surface area (Å²) < 4.78 is 39.7. The number of nitrogens with zero attached hydrogens (tertiary/aromatic N) is 3. The first-order valence-electron chi connectivity index (χ1n) is 7.07. The van der Waals surface area contributed by atoms with E-state index in [0.29, 0.717) is 0 Å². The van der Waals surface area contributed by atoms with Gasteiger partial charge in [-0.3, -0.25) is 4.79 Å². The number of halogens is 3. The van der Waals surface area contributed by atoms with Crippen molar-refractivity contribution in [3.8, 4) is 0 Å². The fraction of sp³-hybridized carbons (Fsp3) is 0.467. The molecule has 0 saturated heterocycles. The van der Waals surface area contributed by atoms with Crippen molar-refractivity contribution in [2.45, 2.75) is 31.7 Å². The normalized spacial score (nSPS) is 21.3. The van der Waals surface area contributed by atoms with Gasteiger partial charge in [0.25, 0.3) is 11.6 Å². The Labute approximate surface area is 132 Å². The van der Waals surface area contributed by atoms with Gasteiger partial charge in [-0.05, 0) is 30.7 Å². The molecule has 0 bridgehead atoms. The molecule has 0 radical (unpaired) electrons. The molecule has 5 nitrogen and oxygen atoms in total. The fourth-order valence-electron chi connectivity index (χ4n) is 2.27. The van der Waals surface area contributed by atoms with Crippen LogP contribution in [0.4, 0.5) is 18.9 Å². The van der Waals surface area contributed by atoms with Gasteiger partial charge in [0.2, 0.25) is 0 Å². The predicted molar refractivity (Wildman–Crippen MR) is 80.3 cm³/mol. The van der Waals surface area contributed by atoms with Crippen molar-refractivity contribution in [1.29, 1.82) is 0 Å². The van der Waals surface area contributed by atoms with Gasteiger partial charge in [0.1, 0.15) is 0 Å². The standard InChI is InChI=1S/C15H18F3N3O2/c1-4-11-9-14(23,15(16,17)18)21(19-11)13(22)10-5-7-12(8-6-10)20(2)3/h5-8,23H,4,9H2,1-3H3. The summed E-state index contributed by atoms with van der Waals surface area (Å²) >= 11 is 0. The number of hydrogen-bond acceptors (Lipinski definition) is 4. The van der Waals surface area contributed by atoms with Crippen molar-refractivity contribution in [2.24, 2.45) is 5.10 Å². The van der Waals surface area contributed by atoms with E-state index in [1.54, 1.807) is 38.1 Å². The van der Waals surface area contributed by atoms with Crippen LogP contribution in [0.2, 0.25) is 0 Å². The number of hydrazone groups is 1. The number of alkyl halides is 3. The summed E-state index contributed by atoms with van der Waals surface area (Å²) in [5, 5.41) is 13.9. The zero-order chi connectivity index (χ0) is 17.4. The molecule has 0 saturated carbocycles. The van der Waals surface area contributed by atoms with Gasteiger partial charge in [-0.25, -0.2) is 0 Å². The number of carbonyl (C=O) groups is 1. The second-order valence-electron chi connectivity index (χ2n) is 5.57. The van der Waals surface area contributed by atoms with Crippen LogP contribution in [0.25, 0.3) is 0 Å². The number of carbonyl (C=O) groups excluding carboxylic acids is 1. The lowest BCUT2D eigenvalue weighted by Crippen LogP contribution is -2.56. The largest absolute Gasteiger partial charge is 0.438 e. The highest BCUT2D eigenvalue weighted by Gasteiger charge is 2.63. The molecule has 1 aromatic rings. The van der Waals surface area contributed by atoms with E-state index in [9.17, 15) is 23.1 Å². The Bertz CT molecular complexity index is 626. The van der Waals surface area contributed by atoms with E-state index in [2.05, 4.69) is 5.10 Å². The van der Waals surface area contributed by atoms with E-state index >= 15 is 0 Å². The molecule has 23 heavy (non-hydrogen) atoms. The van der Waals surface area contributed by atoms with Crippen LogP contribution in [0.3, 0.4) is 0 Å². The van der Waals surface area contributed by atoms with Gasteiger partial charge in [0.05, 0.1) is 0 Å². The molecule has 1 atom stereocenters. The minimum absolute atomic E-state index is 0.0272. The monoisotopic (exact) mass is 329 g/mol. The summed E-state index contributed by atoms with van der Waals surface area (Å²) in [6.45, 7) is 1.62. The molecule has 1 aliphatic heterocycles. The van der Waals surface area contributed by atoms with Gasteiger partial charge >= 0.3 is 6.18 Å². The van der Waals surface area contributed by atoms with Crippen molar-refractivity contribution in [2.75, 3.05) is 19.0 Å². The van der Waals surface area contributed by atoms with Crippen LogP contribution < -0.4 is 4.90 Å². The second kappa shape index (κ2) is 5.84. The Morgan fingerprint density at radius 1 is 1.35 bits per heavy atom. The van der Waals surface area contributed by atoms with E-state index < -0.39 is 24.2 Å². The number of anilines is 1. The van der Waals surface area contributed by atoms with Gasteiger partial charge in [0, 0.05) is 37.5 Å². The number of aliphatic hydroxyl groups is 1. The van der Waals surface area contributed by atoms with Crippen LogP contribution in [-0.4, -0.2) is 47.7 Å². The maximum Gasteiger partial charge on any atom is 0.438 e. The van der Waals surface area contributed by atoms with Gasteiger partial charge in [0.15, 0.2) is 0 Å². The lowest BCUT2D eigenvalue weighted by Gasteiger charge is -2.32. The lowest BCUT2D eigenvalue weighted by atomic mass is 10.0. The second-order valence-corrected chi connectivity index (χ2v) is 5.57. The smallest absolute Gasteiger partial charge is 0.378 e. The predicted octanol–water partition coefficient (Wildman–Crippen LogP) is 2.62. The molecule has 1 amide bonds. The van der Waals surface area contributed by atoms with E-state index in [1.807, 2.05) is 0 Å². The first-order chi connectivity index (χ1) is 10.6. The third kappa shape index (κ3) is 3.03. The summed E-state index contributed by atoms with van der Waals surface area (Å²) in [5.41, 5.74) is -2.34. The Morgan fingerprint density at radius 2 is 1.91 bits per heavy atom. The average molecular weight is 329 g/mol. The third-order valence-corrected chi connectivity index (χ3v) is 3.73. The van der Waals surface area contributed by atoms with Crippen LogP contribution in [-0.2, 0) is 0 Å². The first-order valence-corrected chi connectivity index (χ1v) is 7.07. The molecule has 126 valence electrons. The Kier molecular flexibility index (Phi) is 4.39. The average Bonchev–Trinajstić information content (AvgIpc) is 2.85. The van der Waals surface area contributed by atoms with Gasteiger partial charge < -0.3 is 10.0 Å². The highest BCUT2D eigenvalue weighted by molar-refractivity contribution is 5.98. The van der Waals surface area contributed by atoms with Crippen molar-refractivity contribution >= 4 is 17.3 Å². The summed E-state index contributed by atoms with van der Waals surface area (Å²) in [7, 11) is 3.61. The third-order valence-electron chi connectivity index (χ3n) is 3.73. The van der Waals surface area contributed by atoms with Gasteiger partial charge in [-0.1, -0.05) is 6.92 Å². The van der Waals surface area contributed by atoms with E-state index in [-0.39, 0.29) is 22.7 Å². The zero-order valence-corrected chi connectivity index (χ0v) is 13.1. The zero-order valence-electron chi connectivity index (χ0n) is 13.1. The van der Waals surface area contributed by atoms with Crippen LogP contribution in [0, 0.1) is 0 Å². The first kappa shape index (κ1) is 17.3. The molecular weight excluding hydrogens is 311 g/mol. The quantitative estimate of drug-likeness (QED) is 0.927. The molecule has 0 spiro atoms. The minimum Gasteiger partial charge on any atom is -0.378 e. The highest BCUT2D eigenvalue weighted by atomic mass is 19.4. The highest BCUT2D eigenvalue weighted by Crippen LogP contribution is 2.41. The molecule has 0 fully saturated rings. The van der Waals surface area contributed by atoms with E-state index in [1.165, 1.54) is 12.1 Å². The molecule has 0 aromatic heterocycles. The number of amides is 1. The Balaban J connectivity index is 2.37. The molecule has 1 aromatic carbocycles. The number of hydrogen-bond donors (Lipinski definition) is 1. The SMILES string of the molecule is CCC1=NN(C(=O)c2ccc(N(C)C)cc2)C(O)(C(F)(F)F)C1. The van der Waals surface area contributed by atoms with Gasteiger partial charge in [-0.15, -0.1) is 0 Å². The van der Waals surface area contributed by atoms with Crippen LogP contribution >= 0.6 is 0 Å².